The fraction of sp³-hybridized carbons (Fsp3) is 0.0667. The fourth-order valence-corrected chi connectivity index (χ4v) is 2.47. The second-order valence-corrected chi connectivity index (χ2v) is 5.61. The monoisotopic (exact) mass is 348 g/mol. The van der Waals surface area contributed by atoms with Crippen molar-refractivity contribution >= 4 is 44.7 Å². The summed E-state index contributed by atoms with van der Waals surface area (Å²) in [6.07, 6.45) is 0. The number of nitrogens with zero attached hydrogens (tertiary/aromatic N) is 1. The van der Waals surface area contributed by atoms with Gasteiger partial charge in [-0.2, -0.15) is 0 Å². The number of benzene rings is 2. The van der Waals surface area contributed by atoms with E-state index in [1.807, 2.05) is 36.4 Å². The predicted molar refractivity (Wildman–Crippen MR) is 89.2 cm³/mol. The molecular weight excluding hydrogens is 336 g/mol. The van der Waals surface area contributed by atoms with Crippen LogP contribution < -0.4 is 10.6 Å². The number of amides is 1. The first kappa shape index (κ1) is 14.7. The van der Waals surface area contributed by atoms with Crippen LogP contribution in [0.15, 0.2) is 53.0 Å². The molecule has 2 aromatic carbocycles. The molecule has 0 aliphatic rings. The Morgan fingerprint density at radius 3 is 2.55 bits per heavy atom. The normalized spacial score (nSPS) is 10.1. The Bertz CT molecular complexity index is 672. The van der Waals surface area contributed by atoms with Gasteiger partial charge >= 0.3 is 0 Å². The van der Waals surface area contributed by atoms with E-state index >= 15 is 0 Å². The maximum absolute atomic E-state index is 12.5. The van der Waals surface area contributed by atoms with Crippen LogP contribution in [0.4, 0.5) is 5.69 Å². The van der Waals surface area contributed by atoms with Crippen LogP contribution in [-0.2, 0) is 0 Å². The second-order valence-electron chi connectivity index (χ2n) is 4.26. The van der Waals surface area contributed by atoms with Gasteiger partial charge in [0.2, 0.25) is 0 Å². The number of thiocarbonyl (C=S) groups is 1. The van der Waals surface area contributed by atoms with Gasteiger partial charge in [-0.05, 0) is 30.3 Å². The van der Waals surface area contributed by atoms with Crippen molar-refractivity contribution in [3.8, 4) is 0 Å². The molecule has 0 aliphatic carbocycles. The number of para-hydroxylation sites is 1. The third-order valence-electron chi connectivity index (χ3n) is 2.91. The summed E-state index contributed by atoms with van der Waals surface area (Å²) in [5.41, 5.74) is 7.69. The number of anilines is 1. The van der Waals surface area contributed by atoms with Crippen molar-refractivity contribution in [3.05, 3.63) is 64.1 Å². The Morgan fingerprint density at radius 2 is 1.90 bits per heavy atom. The summed E-state index contributed by atoms with van der Waals surface area (Å²) in [5.74, 6) is -0.116. The lowest BCUT2D eigenvalue weighted by molar-refractivity contribution is 0.0993. The van der Waals surface area contributed by atoms with Gasteiger partial charge in [0.05, 0.1) is 5.69 Å². The first-order valence-corrected chi connectivity index (χ1v) is 7.13. The lowest BCUT2D eigenvalue weighted by atomic mass is 10.1. The first-order valence-electron chi connectivity index (χ1n) is 5.93. The number of rotatable bonds is 3. The van der Waals surface area contributed by atoms with Crippen LogP contribution >= 0.6 is 28.1 Å². The predicted octanol–water partition coefficient (Wildman–Crippen LogP) is 3.36. The maximum Gasteiger partial charge on any atom is 0.258 e. The van der Waals surface area contributed by atoms with Gasteiger partial charge in [0, 0.05) is 22.6 Å². The molecule has 102 valence electrons. The van der Waals surface area contributed by atoms with E-state index in [0.29, 0.717) is 16.8 Å². The second kappa shape index (κ2) is 6.15. The topological polar surface area (TPSA) is 46.3 Å². The van der Waals surface area contributed by atoms with E-state index in [4.69, 9.17) is 18.0 Å². The van der Waals surface area contributed by atoms with Crippen LogP contribution in [0, 0.1) is 0 Å². The molecule has 5 heteroatoms. The molecule has 0 saturated heterocycles. The molecule has 0 aromatic heterocycles. The van der Waals surface area contributed by atoms with Crippen LogP contribution in [0.2, 0.25) is 0 Å². The minimum Gasteiger partial charge on any atom is -0.389 e. The highest BCUT2D eigenvalue weighted by Crippen LogP contribution is 2.22. The number of nitrogens with two attached hydrogens (primary N) is 1. The fourth-order valence-electron chi connectivity index (χ4n) is 1.90. The van der Waals surface area contributed by atoms with Crippen LogP contribution in [-0.4, -0.2) is 17.9 Å². The molecule has 0 saturated carbocycles. The van der Waals surface area contributed by atoms with Crippen molar-refractivity contribution < 1.29 is 4.79 Å². The minimum absolute atomic E-state index is 0.116. The van der Waals surface area contributed by atoms with Gasteiger partial charge in [-0.3, -0.25) is 4.79 Å². The Morgan fingerprint density at radius 1 is 1.20 bits per heavy atom. The van der Waals surface area contributed by atoms with Gasteiger partial charge in [0.25, 0.3) is 5.91 Å². The van der Waals surface area contributed by atoms with E-state index in [1.165, 1.54) is 0 Å². The molecule has 0 spiro atoms. The van der Waals surface area contributed by atoms with E-state index in [1.54, 1.807) is 24.1 Å². The molecule has 2 rings (SSSR count). The minimum atomic E-state index is -0.116. The zero-order valence-corrected chi connectivity index (χ0v) is 13.2. The van der Waals surface area contributed by atoms with E-state index in [0.717, 1.165) is 4.47 Å². The van der Waals surface area contributed by atoms with E-state index in [-0.39, 0.29) is 10.9 Å². The van der Waals surface area contributed by atoms with Crippen molar-refractivity contribution in [1.82, 2.24) is 0 Å². The van der Waals surface area contributed by atoms with E-state index < -0.39 is 0 Å². The molecule has 0 heterocycles. The van der Waals surface area contributed by atoms with Crippen LogP contribution in [0.25, 0.3) is 0 Å². The maximum atomic E-state index is 12.5. The summed E-state index contributed by atoms with van der Waals surface area (Å²) in [6, 6.07) is 14.6. The highest BCUT2D eigenvalue weighted by molar-refractivity contribution is 9.10. The van der Waals surface area contributed by atoms with Gasteiger partial charge in [-0.15, -0.1) is 0 Å². The summed E-state index contributed by atoms with van der Waals surface area (Å²) in [7, 11) is 1.71. The molecule has 0 aliphatic heterocycles. The van der Waals surface area contributed by atoms with Crippen molar-refractivity contribution in [2.45, 2.75) is 0 Å². The molecule has 3 nitrogen and oxygen atoms in total. The number of carbonyl (C=O) groups excluding carboxylic acids is 1. The highest BCUT2D eigenvalue weighted by atomic mass is 79.9. The highest BCUT2D eigenvalue weighted by Gasteiger charge is 2.17. The SMILES string of the molecule is CN(C(=O)c1cccc(Br)c1)c1ccccc1C(N)=S. The van der Waals surface area contributed by atoms with Crippen LogP contribution in [0.5, 0.6) is 0 Å². The van der Waals surface area contributed by atoms with Crippen molar-refractivity contribution in [1.29, 1.82) is 0 Å². The van der Waals surface area contributed by atoms with Crippen molar-refractivity contribution in [3.63, 3.8) is 0 Å². The average molecular weight is 349 g/mol. The largest absolute Gasteiger partial charge is 0.389 e. The van der Waals surface area contributed by atoms with E-state index in [9.17, 15) is 4.79 Å². The molecular formula is C15H13BrN2OS. The molecule has 1 amide bonds. The molecule has 20 heavy (non-hydrogen) atoms. The average Bonchev–Trinajstić information content (AvgIpc) is 2.45. The summed E-state index contributed by atoms with van der Waals surface area (Å²) in [4.78, 5) is 14.3. The summed E-state index contributed by atoms with van der Waals surface area (Å²) in [6.45, 7) is 0. The number of hydrogen-bond donors (Lipinski definition) is 1. The Labute approximate surface area is 131 Å². The zero-order valence-electron chi connectivity index (χ0n) is 10.8. The Kier molecular flexibility index (Phi) is 4.52. The molecule has 0 bridgehead atoms. The van der Waals surface area contributed by atoms with Gasteiger partial charge in [0.1, 0.15) is 4.99 Å². The van der Waals surface area contributed by atoms with Gasteiger partial charge < -0.3 is 10.6 Å². The molecule has 2 aromatic rings. The Hall–Kier alpha value is -1.72. The quantitative estimate of drug-likeness (QED) is 0.865. The smallest absolute Gasteiger partial charge is 0.258 e. The summed E-state index contributed by atoms with van der Waals surface area (Å²) in [5, 5.41) is 0. The third kappa shape index (κ3) is 3.05. The van der Waals surface area contributed by atoms with E-state index in [2.05, 4.69) is 15.9 Å². The standard InChI is InChI=1S/C15H13BrN2OS/c1-18(13-8-3-2-7-12(13)14(17)20)15(19)10-5-4-6-11(16)9-10/h2-9H,1H3,(H2,17,20). The lowest BCUT2D eigenvalue weighted by Crippen LogP contribution is -2.28. The van der Waals surface area contributed by atoms with Gasteiger partial charge in [-0.25, -0.2) is 0 Å². The summed E-state index contributed by atoms with van der Waals surface area (Å²) < 4.78 is 0.861. The first-order chi connectivity index (χ1) is 9.50. The number of carbonyl (C=O) groups is 1. The van der Waals surface area contributed by atoms with Crippen molar-refractivity contribution in [2.24, 2.45) is 5.73 Å². The van der Waals surface area contributed by atoms with Crippen LogP contribution in [0.3, 0.4) is 0 Å². The van der Waals surface area contributed by atoms with Crippen molar-refractivity contribution in [2.75, 3.05) is 11.9 Å². The zero-order chi connectivity index (χ0) is 14.7. The summed E-state index contributed by atoms with van der Waals surface area (Å²) >= 11 is 8.39. The molecule has 0 fully saturated rings. The molecule has 0 unspecified atom stereocenters. The molecule has 2 N–H and O–H groups in total. The molecule has 0 radical (unpaired) electrons. The molecule has 0 atom stereocenters. The Balaban J connectivity index is 2.39. The number of hydrogen-bond acceptors (Lipinski definition) is 2. The number of halogens is 1. The lowest BCUT2D eigenvalue weighted by Gasteiger charge is -2.20. The van der Waals surface area contributed by atoms with Gasteiger partial charge in [-0.1, -0.05) is 46.3 Å². The van der Waals surface area contributed by atoms with Gasteiger partial charge in [0.15, 0.2) is 0 Å². The third-order valence-corrected chi connectivity index (χ3v) is 3.62. The van der Waals surface area contributed by atoms with Crippen LogP contribution in [0.1, 0.15) is 15.9 Å².